The van der Waals surface area contributed by atoms with E-state index in [9.17, 15) is 5.11 Å². The highest BCUT2D eigenvalue weighted by Crippen LogP contribution is 2.37. The van der Waals surface area contributed by atoms with Crippen molar-refractivity contribution in [2.45, 2.75) is 13.0 Å². The Morgan fingerprint density at radius 3 is 2.83 bits per heavy atom. The average Bonchev–Trinajstić information content (AvgIpc) is 2.95. The minimum atomic E-state index is -0.633. The van der Waals surface area contributed by atoms with Crippen molar-refractivity contribution in [3.63, 3.8) is 0 Å². The van der Waals surface area contributed by atoms with Crippen LogP contribution in [0.2, 0.25) is 0 Å². The van der Waals surface area contributed by atoms with Crippen LogP contribution in [0.15, 0.2) is 44.8 Å². The molecule has 0 aliphatic rings. The number of thiophene rings is 1. The maximum atomic E-state index is 10.5. The number of fused-ring (bicyclic) bond motifs is 1. The fourth-order valence-electron chi connectivity index (χ4n) is 2.10. The third-order valence-corrected chi connectivity index (χ3v) is 5.04. The van der Waals surface area contributed by atoms with Gasteiger partial charge in [-0.05, 0) is 45.8 Å². The van der Waals surface area contributed by atoms with Crippen molar-refractivity contribution in [2.24, 2.45) is 0 Å². The number of halogens is 1. The average molecular weight is 323 g/mol. The molecule has 0 bridgehead atoms. The molecule has 0 saturated carbocycles. The summed E-state index contributed by atoms with van der Waals surface area (Å²) < 4.78 is 7.48. The fraction of sp³-hybridized carbons (Fsp3) is 0.143. The zero-order valence-corrected chi connectivity index (χ0v) is 12.1. The molecule has 0 saturated heterocycles. The van der Waals surface area contributed by atoms with Crippen LogP contribution in [-0.2, 0) is 0 Å². The number of aliphatic hydroxyl groups excluding tert-OH is 1. The van der Waals surface area contributed by atoms with Gasteiger partial charge in [0.15, 0.2) is 0 Å². The molecule has 1 unspecified atom stereocenters. The molecule has 0 aliphatic carbocycles. The van der Waals surface area contributed by atoms with Crippen molar-refractivity contribution in [2.75, 3.05) is 0 Å². The first-order valence-electron chi connectivity index (χ1n) is 5.56. The summed E-state index contributed by atoms with van der Waals surface area (Å²) in [5.74, 6) is 0.761. The standard InChI is InChI=1S/C14H11BrO2S/c1-8-9(5-6-17-8)13(16)11-7-18-14-10(11)3-2-4-12(14)15/h2-7,13,16H,1H3. The summed E-state index contributed by atoms with van der Waals surface area (Å²) >= 11 is 5.17. The Balaban J connectivity index is 2.16. The number of hydrogen-bond acceptors (Lipinski definition) is 3. The van der Waals surface area contributed by atoms with E-state index in [1.165, 1.54) is 0 Å². The summed E-state index contributed by atoms with van der Waals surface area (Å²) in [5.41, 5.74) is 1.76. The van der Waals surface area contributed by atoms with Crippen molar-refractivity contribution in [3.05, 3.63) is 57.3 Å². The van der Waals surface area contributed by atoms with Gasteiger partial charge in [0.05, 0.1) is 6.26 Å². The third-order valence-electron chi connectivity index (χ3n) is 3.07. The fourth-order valence-corrected chi connectivity index (χ4v) is 3.74. The van der Waals surface area contributed by atoms with Crippen molar-refractivity contribution < 1.29 is 9.52 Å². The summed E-state index contributed by atoms with van der Waals surface area (Å²) in [4.78, 5) is 0. The van der Waals surface area contributed by atoms with Crippen molar-refractivity contribution in [1.29, 1.82) is 0 Å². The smallest absolute Gasteiger partial charge is 0.109 e. The highest BCUT2D eigenvalue weighted by Gasteiger charge is 2.19. The molecule has 2 nitrogen and oxygen atoms in total. The highest BCUT2D eigenvalue weighted by molar-refractivity contribution is 9.10. The molecular formula is C14H11BrO2S. The van der Waals surface area contributed by atoms with Crippen LogP contribution in [0.1, 0.15) is 23.0 Å². The van der Waals surface area contributed by atoms with E-state index in [2.05, 4.69) is 15.9 Å². The minimum Gasteiger partial charge on any atom is -0.469 e. The first kappa shape index (κ1) is 12.0. The second-order valence-electron chi connectivity index (χ2n) is 4.14. The van der Waals surface area contributed by atoms with Crippen LogP contribution in [0.3, 0.4) is 0 Å². The summed E-state index contributed by atoms with van der Waals surface area (Å²) in [7, 11) is 0. The topological polar surface area (TPSA) is 33.4 Å². The molecule has 0 radical (unpaired) electrons. The van der Waals surface area contributed by atoms with Crippen LogP contribution in [0.4, 0.5) is 0 Å². The summed E-state index contributed by atoms with van der Waals surface area (Å²) in [6.45, 7) is 1.86. The van der Waals surface area contributed by atoms with E-state index >= 15 is 0 Å². The zero-order chi connectivity index (χ0) is 12.7. The Hall–Kier alpha value is -1.10. The maximum absolute atomic E-state index is 10.5. The van der Waals surface area contributed by atoms with E-state index in [0.717, 1.165) is 31.4 Å². The van der Waals surface area contributed by atoms with Gasteiger partial charge >= 0.3 is 0 Å². The molecule has 18 heavy (non-hydrogen) atoms. The predicted molar refractivity (Wildman–Crippen MR) is 77.0 cm³/mol. The van der Waals surface area contributed by atoms with Gasteiger partial charge in [-0.15, -0.1) is 11.3 Å². The molecule has 1 aromatic carbocycles. The molecule has 4 heteroatoms. The van der Waals surface area contributed by atoms with E-state index < -0.39 is 6.10 Å². The number of furan rings is 1. The lowest BCUT2D eigenvalue weighted by Gasteiger charge is -2.09. The van der Waals surface area contributed by atoms with Gasteiger partial charge in [0.1, 0.15) is 11.9 Å². The predicted octanol–water partition coefficient (Wildman–Crippen LogP) is 4.65. The Morgan fingerprint density at radius 1 is 1.28 bits per heavy atom. The van der Waals surface area contributed by atoms with Gasteiger partial charge in [0.2, 0.25) is 0 Å². The van der Waals surface area contributed by atoms with Crippen LogP contribution in [0, 0.1) is 6.92 Å². The molecule has 3 rings (SSSR count). The minimum absolute atomic E-state index is 0.633. The van der Waals surface area contributed by atoms with Crippen LogP contribution in [0.5, 0.6) is 0 Å². The molecule has 0 aliphatic heterocycles. The summed E-state index contributed by atoms with van der Waals surface area (Å²) in [6, 6.07) is 7.85. The normalized spacial score (nSPS) is 13.1. The lowest BCUT2D eigenvalue weighted by Crippen LogP contribution is -1.98. The van der Waals surface area contributed by atoms with Crippen molar-refractivity contribution in [3.8, 4) is 0 Å². The number of rotatable bonds is 2. The van der Waals surface area contributed by atoms with Crippen molar-refractivity contribution in [1.82, 2.24) is 0 Å². The van der Waals surface area contributed by atoms with Gasteiger partial charge in [-0.25, -0.2) is 0 Å². The highest BCUT2D eigenvalue weighted by atomic mass is 79.9. The Bertz CT molecular complexity index is 699. The number of aliphatic hydroxyl groups is 1. The molecule has 0 fully saturated rings. The van der Waals surface area contributed by atoms with E-state index in [1.807, 2.05) is 36.6 Å². The van der Waals surface area contributed by atoms with Gasteiger partial charge in [0.25, 0.3) is 0 Å². The summed E-state index contributed by atoms with van der Waals surface area (Å²) in [6.07, 6.45) is 0.977. The molecule has 92 valence electrons. The van der Waals surface area contributed by atoms with E-state index in [-0.39, 0.29) is 0 Å². The molecular weight excluding hydrogens is 312 g/mol. The monoisotopic (exact) mass is 322 g/mol. The van der Waals surface area contributed by atoms with Crippen LogP contribution in [0.25, 0.3) is 10.1 Å². The van der Waals surface area contributed by atoms with E-state index in [4.69, 9.17) is 4.42 Å². The van der Waals surface area contributed by atoms with Crippen LogP contribution in [-0.4, -0.2) is 5.11 Å². The Labute approximate surface area is 117 Å². The lowest BCUT2D eigenvalue weighted by atomic mass is 10.0. The lowest BCUT2D eigenvalue weighted by molar-refractivity contribution is 0.220. The van der Waals surface area contributed by atoms with Gasteiger partial charge in [-0.3, -0.25) is 0 Å². The molecule has 1 N–H and O–H groups in total. The summed E-state index contributed by atoms with van der Waals surface area (Å²) in [5, 5.41) is 13.6. The molecule has 3 aromatic rings. The zero-order valence-electron chi connectivity index (χ0n) is 9.68. The molecule has 0 amide bonds. The quantitative estimate of drug-likeness (QED) is 0.745. The second-order valence-corrected chi connectivity index (χ2v) is 5.88. The molecule has 1 atom stereocenters. The third kappa shape index (κ3) is 1.81. The van der Waals surface area contributed by atoms with Gasteiger partial charge in [-0.1, -0.05) is 12.1 Å². The number of benzene rings is 1. The van der Waals surface area contributed by atoms with E-state index in [1.54, 1.807) is 17.6 Å². The van der Waals surface area contributed by atoms with Crippen LogP contribution >= 0.6 is 27.3 Å². The van der Waals surface area contributed by atoms with Gasteiger partial charge in [0, 0.05) is 20.3 Å². The van der Waals surface area contributed by atoms with Crippen molar-refractivity contribution >= 4 is 37.4 Å². The van der Waals surface area contributed by atoms with Crippen LogP contribution < -0.4 is 0 Å². The second kappa shape index (κ2) is 4.53. The molecule has 2 aromatic heterocycles. The first-order valence-corrected chi connectivity index (χ1v) is 7.23. The Morgan fingerprint density at radius 2 is 2.11 bits per heavy atom. The number of aryl methyl sites for hydroxylation is 1. The largest absolute Gasteiger partial charge is 0.469 e. The van der Waals surface area contributed by atoms with Gasteiger partial charge in [-0.2, -0.15) is 0 Å². The van der Waals surface area contributed by atoms with Gasteiger partial charge < -0.3 is 9.52 Å². The maximum Gasteiger partial charge on any atom is 0.109 e. The Kier molecular flexibility index (Phi) is 3.01. The SMILES string of the molecule is Cc1occc1C(O)c1csc2c(Br)cccc12. The van der Waals surface area contributed by atoms with E-state index in [0.29, 0.717) is 0 Å². The first-order chi connectivity index (χ1) is 8.68. The molecule has 0 spiro atoms. The number of hydrogen-bond donors (Lipinski definition) is 1. The molecule has 2 heterocycles.